The number of fused-ring (bicyclic) bond motifs is 4. The van der Waals surface area contributed by atoms with Crippen molar-refractivity contribution in [3.05, 3.63) is 40.0 Å². The highest BCUT2D eigenvalue weighted by atomic mass is 127. The number of aromatic hydroxyl groups is 1. The Labute approximate surface area is 187 Å². The zero-order chi connectivity index (χ0) is 21.2. The number of cyclic esters (lactones) is 1. The number of carbonyl (C=O) groups excluding carboxylic acids is 2. The van der Waals surface area contributed by atoms with Crippen molar-refractivity contribution < 1.29 is 24.0 Å². The first-order valence-electron chi connectivity index (χ1n) is 10.2. The van der Waals surface area contributed by atoms with Crippen molar-refractivity contribution in [1.82, 2.24) is 0 Å². The summed E-state index contributed by atoms with van der Waals surface area (Å²) >= 11 is 2.19. The van der Waals surface area contributed by atoms with Crippen LogP contribution in [0.1, 0.15) is 67.9 Å². The Hall–Kier alpha value is -0.980. The van der Waals surface area contributed by atoms with Crippen molar-refractivity contribution in [1.29, 1.82) is 0 Å². The topological polar surface area (TPSA) is 72.8 Å². The van der Waals surface area contributed by atoms with Crippen molar-refractivity contribution >= 4 is 40.2 Å². The van der Waals surface area contributed by atoms with Crippen molar-refractivity contribution in [2.24, 2.45) is 5.92 Å². The molecule has 7 heteroatoms. The minimum Gasteiger partial charge on any atom is -0.507 e. The van der Waals surface area contributed by atoms with Crippen molar-refractivity contribution in [2.45, 2.75) is 58.3 Å². The number of aryl methyl sites for hydroxylation is 1. The maximum absolute atomic E-state index is 13.0. The molecule has 3 unspecified atom stereocenters. The van der Waals surface area contributed by atoms with Crippen LogP contribution in [0.4, 0.5) is 0 Å². The number of hydrogen-bond acceptors (Lipinski definition) is 5. The smallest absolute Gasteiger partial charge is 0.334 e. The fraction of sp³-hybridized carbons (Fsp3) is 0.545. The predicted octanol–water partition coefficient (Wildman–Crippen LogP) is 5.42. The minimum atomic E-state index is -0.252. The van der Waals surface area contributed by atoms with Crippen LogP contribution in [0, 0.1) is 5.92 Å². The molecule has 4 rings (SSSR count). The lowest BCUT2D eigenvalue weighted by Crippen LogP contribution is -2.43. The monoisotopic (exact) mass is 530 g/mol. The summed E-state index contributed by atoms with van der Waals surface area (Å²) in [4.78, 5) is 24.9. The van der Waals surface area contributed by atoms with Gasteiger partial charge in [-0.3, -0.25) is 4.79 Å². The highest BCUT2D eigenvalue weighted by molar-refractivity contribution is 14.2. The lowest BCUT2D eigenvalue weighted by molar-refractivity contribution is -0.136. The molecule has 0 amide bonds. The van der Waals surface area contributed by atoms with E-state index in [0.717, 1.165) is 35.1 Å². The van der Waals surface area contributed by atoms with E-state index in [0.29, 0.717) is 44.5 Å². The third-order valence-corrected chi connectivity index (χ3v) is 7.62. The summed E-state index contributed by atoms with van der Waals surface area (Å²) in [5.41, 5.74) is 3.72. The van der Waals surface area contributed by atoms with Gasteiger partial charge >= 0.3 is 5.97 Å². The van der Waals surface area contributed by atoms with Crippen LogP contribution in [0.3, 0.4) is 0 Å². The number of benzene rings is 1. The Kier molecular flexibility index (Phi) is 7.39. The average molecular weight is 530 g/mol. The van der Waals surface area contributed by atoms with E-state index < -0.39 is 0 Å². The molecule has 0 saturated carbocycles. The number of phenolic OH excluding ortho intramolecular Hbond substituents is 1. The Morgan fingerprint density at radius 2 is 2.10 bits per heavy atom. The van der Waals surface area contributed by atoms with Gasteiger partial charge in [-0.1, -0.05) is 32.9 Å². The van der Waals surface area contributed by atoms with Gasteiger partial charge in [-0.05, 0) is 64.4 Å². The molecular formula is C22H28IO5P. The predicted molar refractivity (Wildman–Crippen MR) is 123 cm³/mol. The van der Waals surface area contributed by atoms with E-state index in [9.17, 15) is 14.7 Å². The summed E-state index contributed by atoms with van der Waals surface area (Å²) in [6, 6.07) is 3.96. The Morgan fingerprint density at radius 3 is 2.83 bits per heavy atom. The molecule has 2 aliphatic carbocycles. The molecule has 1 aromatic rings. The van der Waals surface area contributed by atoms with Crippen LogP contribution < -0.4 is 0 Å². The fourth-order valence-corrected chi connectivity index (χ4v) is 5.77. The quantitative estimate of drug-likeness (QED) is 0.238. The van der Waals surface area contributed by atoms with Crippen LogP contribution in [-0.2, 0) is 25.9 Å². The van der Waals surface area contributed by atoms with Gasteiger partial charge in [0.05, 0.1) is 18.6 Å². The summed E-state index contributed by atoms with van der Waals surface area (Å²) < 4.78 is 10.6. The summed E-state index contributed by atoms with van der Waals surface area (Å²) in [5.74, 6) is -0.147. The van der Waals surface area contributed by atoms with E-state index in [1.807, 2.05) is 26.0 Å². The molecular weight excluding hydrogens is 502 g/mol. The van der Waals surface area contributed by atoms with E-state index in [1.54, 1.807) is 0 Å². The van der Waals surface area contributed by atoms with Crippen LogP contribution >= 0.6 is 28.5 Å². The van der Waals surface area contributed by atoms with Crippen molar-refractivity contribution in [3.8, 4) is 5.75 Å². The van der Waals surface area contributed by atoms with E-state index in [-0.39, 0.29) is 28.8 Å². The molecule has 0 bridgehead atoms. The summed E-state index contributed by atoms with van der Waals surface area (Å²) in [7, 11) is 0. The van der Waals surface area contributed by atoms with E-state index >= 15 is 0 Å². The first kappa shape index (κ1) is 22.7. The summed E-state index contributed by atoms with van der Waals surface area (Å²) in [6.45, 7) is 7.54. The molecule has 1 aliphatic heterocycles. The lowest BCUT2D eigenvalue weighted by Gasteiger charge is -2.46. The molecule has 3 aliphatic rings. The van der Waals surface area contributed by atoms with Gasteiger partial charge in [-0.15, -0.1) is 0 Å². The number of phenols is 1. The second kappa shape index (κ2) is 9.44. The Bertz CT molecular complexity index is 850. The Balaban J connectivity index is 0.00000117. The van der Waals surface area contributed by atoms with Crippen LogP contribution in [0.5, 0.6) is 5.75 Å². The van der Waals surface area contributed by atoms with E-state index in [1.165, 1.54) is 0 Å². The molecule has 158 valence electrons. The van der Waals surface area contributed by atoms with Gasteiger partial charge in [-0.2, -0.15) is 0 Å². The number of hydrogen-bond donors (Lipinski definition) is 1. The zero-order valence-corrected chi connectivity index (χ0v) is 20.3. The number of rotatable bonds is 5. The van der Waals surface area contributed by atoms with E-state index in [4.69, 9.17) is 9.26 Å². The minimum absolute atomic E-state index is 0.0176. The van der Waals surface area contributed by atoms with Gasteiger partial charge in [0.1, 0.15) is 12.4 Å². The molecule has 1 heterocycles. The van der Waals surface area contributed by atoms with Gasteiger partial charge < -0.3 is 14.4 Å². The van der Waals surface area contributed by atoms with Crippen molar-refractivity contribution in [2.75, 3.05) is 13.2 Å². The molecule has 3 atom stereocenters. The maximum atomic E-state index is 13.0. The first-order valence-corrected chi connectivity index (χ1v) is 14.2. The molecule has 5 nitrogen and oxygen atoms in total. The molecule has 0 radical (unpaired) electrons. The molecule has 1 N–H and O–H groups in total. The van der Waals surface area contributed by atoms with Gasteiger partial charge in [0.25, 0.3) is 0 Å². The number of carbonyl (C=O) groups is 2. The first-order chi connectivity index (χ1) is 14.0. The maximum Gasteiger partial charge on any atom is 0.334 e. The normalized spacial score (nSPS) is 25.3. The highest BCUT2D eigenvalue weighted by Gasteiger charge is 2.51. The number of esters is 1. The van der Waals surface area contributed by atoms with E-state index in [2.05, 4.69) is 29.0 Å². The highest BCUT2D eigenvalue weighted by Crippen LogP contribution is 2.54. The number of Topliss-reactive ketones (excluding diaryl/α,β-unsaturated/α-hetero) is 1. The Morgan fingerprint density at radius 1 is 1.34 bits per heavy atom. The molecule has 0 aromatic heterocycles. The zero-order valence-electron chi connectivity index (χ0n) is 17.1. The third-order valence-electron chi connectivity index (χ3n) is 6.37. The number of ether oxygens (including phenoxy) is 1. The number of halogens is 1. The van der Waals surface area contributed by atoms with Crippen LogP contribution in [0.25, 0.3) is 0 Å². The molecule has 0 spiro atoms. The molecule has 0 fully saturated rings. The molecule has 29 heavy (non-hydrogen) atoms. The SMILES string of the molecule is CC.CC12CCC3=C(COC3=O)C1CC(=O)c1c2ccc(CCCOPI)c1O. The lowest BCUT2D eigenvalue weighted by atomic mass is 9.56. The summed E-state index contributed by atoms with van der Waals surface area (Å²) in [6.07, 6.45) is 3.29. The van der Waals surface area contributed by atoms with Crippen LogP contribution in [0.2, 0.25) is 0 Å². The average Bonchev–Trinajstić information content (AvgIpc) is 3.10. The van der Waals surface area contributed by atoms with Crippen molar-refractivity contribution in [3.63, 3.8) is 0 Å². The van der Waals surface area contributed by atoms with Crippen LogP contribution in [0.15, 0.2) is 23.3 Å². The third kappa shape index (κ3) is 4.00. The second-order valence-electron chi connectivity index (χ2n) is 7.70. The van der Waals surface area contributed by atoms with Gasteiger partial charge in [0.15, 0.2) is 5.78 Å². The standard InChI is InChI=1S/C20H22IO5P.C2H6/c1-20-7-6-12-13(10-25-19(12)24)15(20)9-16(22)17-14(20)5-4-11(18(17)23)3-2-8-26-27-21;1-2/h4-5,15,23,27H,2-3,6-10H2,1H3;1-2H3. The number of ketones is 1. The fourth-order valence-electron chi connectivity index (χ4n) is 4.89. The largest absolute Gasteiger partial charge is 0.507 e. The van der Waals surface area contributed by atoms with Crippen LogP contribution in [-0.4, -0.2) is 30.1 Å². The van der Waals surface area contributed by atoms with Gasteiger partial charge in [-0.25, -0.2) is 4.79 Å². The molecule has 1 aromatic carbocycles. The van der Waals surface area contributed by atoms with Gasteiger partial charge in [0, 0.05) is 23.3 Å². The molecule has 0 saturated heterocycles. The second-order valence-corrected chi connectivity index (χ2v) is 9.47. The van der Waals surface area contributed by atoms with Gasteiger partial charge in [0.2, 0.25) is 0 Å². The summed E-state index contributed by atoms with van der Waals surface area (Å²) in [5, 5.41) is 10.8.